The minimum absolute atomic E-state index is 0.0231. The minimum atomic E-state index is -0.492. The van der Waals surface area contributed by atoms with Crippen molar-refractivity contribution in [1.82, 2.24) is 4.90 Å². The van der Waals surface area contributed by atoms with Gasteiger partial charge in [0.25, 0.3) is 0 Å². The van der Waals surface area contributed by atoms with Crippen LogP contribution in [0.25, 0.3) is 0 Å². The molecule has 3 aliphatic rings. The summed E-state index contributed by atoms with van der Waals surface area (Å²) >= 11 is 0. The Morgan fingerprint density at radius 2 is 1.93 bits per heavy atom. The van der Waals surface area contributed by atoms with E-state index < -0.39 is 6.04 Å². The van der Waals surface area contributed by atoms with Gasteiger partial charge in [0.15, 0.2) is 6.04 Å². The molecular weight excluding hydrogens is 336 g/mol. The molecule has 2 atom stereocenters. The van der Waals surface area contributed by atoms with E-state index in [1.54, 1.807) is 0 Å². The van der Waals surface area contributed by atoms with E-state index in [2.05, 4.69) is 29.3 Å². The maximum Gasteiger partial charge on any atom is 0.333 e. The third-order valence-corrected chi connectivity index (χ3v) is 5.88. The molecule has 0 radical (unpaired) electrons. The molecule has 5 rings (SSSR count). The van der Waals surface area contributed by atoms with Crippen molar-refractivity contribution < 1.29 is 9.53 Å². The molecule has 3 aliphatic heterocycles. The van der Waals surface area contributed by atoms with Gasteiger partial charge in [-0.15, -0.1) is 0 Å². The van der Waals surface area contributed by atoms with Gasteiger partial charge in [0, 0.05) is 12.2 Å². The number of fused-ring (bicyclic) bond motifs is 3. The Hall–Kier alpha value is -2.33. The van der Waals surface area contributed by atoms with Crippen LogP contribution in [-0.2, 0) is 16.0 Å². The Morgan fingerprint density at radius 1 is 1.15 bits per heavy atom. The second-order valence-corrected chi connectivity index (χ2v) is 7.66. The van der Waals surface area contributed by atoms with Crippen LogP contribution in [0.1, 0.15) is 36.9 Å². The van der Waals surface area contributed by atoms with Crippen molar-refractivity contribution >= 4 is 11.7 Å². The van der Waals surface area contributed by atoms with Gasteiger partial charge < -0.3 is 10.1 Å². The van der Waals surface area contributed by atoms with Crippen LogP contribution >= 0.6 is 0 Å². The number of rotatable bonds is 6. The Balaban J connectivity index is 1.53. The number of piperidine rings is 3. The fourth-order valence-corrected chi connectivity index (χ4v) is 4.23. The molecule has 3 fully saturated rings. The van der Waals surface area contributed by atoms with Crippen LogP contribution in [0, 0.1) is 5.92 Å². The van der Waals surface area contributed by atoms with E-state index in [0.717, 1.165) is 50.1 Å². The summed E-state index contributed by atoms with van der Waals surface area (Å²) in [5, 5.41) is 3.42. The summed E-state index contributed by atoms with van der Waals surface area (Å²) in [6, 6.07) is 17.6. The van der Waals surface area contributed by atoms with Gasteiger partial charge in [-0.05, 0) is 61.5 Å². The summed E-state index contributed by atoms with van der Waals surface area (Å²) in [6.07, 6.45) is 3.27. The van der Waals surface area contributed by atoms with Crippen LogP contribution in [0.15, 0.2) is 54.6 Å². The highest BCUT2D eigenvalue weighted by Crippen LogP contribution is 2.31. The van der Waals surface area contributed by atoms with E-state index in [-0.39, 0.29) is 12.1 Å². The van der Waals surface area contributed by atoms with Crippen LogP contribution in [0.5, 0.6) is 0 Å². The van der Waals surface area contributed by atoms with E-state index in [4.69, 9.17) is 4.74 Å². The maximum atomic E-state index is 13.1. The number of aryl methyl sites for hydroxylation is 1. The fourth-order valence-electron chi connectivity index (χ4n) is 4.23. The lowest BCUT2D eigenvalue weighted by molar-refractivity contribution is -0.159. The Labute approximate surface area is 161 Å². The molecule has 1 N–H and O–H groups in total. The standard InChI is InChI=1S/C23H28N2O2/c1-2-17-7-6-10-20(15-17)24-22(19-8-4-3-5-9-19)23(26)27-21-16-25-13-11-18(21)12-14-25/h3-10,15,18,21-22,24H,2,11-14,16H2,1H3/t21-,22?/m0/s1. The number of esters is 1. The molecule has 3 saturated heterocycles. The zero-order chi connectivity index (χ0) is 18.6. The first-order valence-corrected chi connectivity index (χ1v) is 10.1. The van der Waals surface area contributed by atoms with Crippen molar-refractivity contribution in [2.24, 2.45) is 5.92 Å². The topological polar surface area (TPSA) is 41.6 Å². The molecule has 3 heterocycles. The monoisotopic (exact) mass is 364 g/mol. The van der Waals surface area contributed by atoms with Crippen molar-refractivity contribution in [2.45, 2.75) is 38.3 Å². The predicted octanol–water partition coefficient (Wildman–Crippen LogP) is 4.04. The highest BCUT2D eigenvalue weighted by Gasteiger charge is 2.37. The number of hydrogen-bond acceptors (Lipinski definition) is 4. The summed E-state index contributed by atoms with van der Waals surface area (Å²) in [4.78, 5) is 15.6. The lowest BCUT2D eigenvalue weighted by atomic mass is 9.86. The van der Waals surface area contributed by atoms with Crippen LogP contribution in [0.2, 0.25) is 0 Å². The molecule has 142 valence electrons. The molecule has 27 heavy (non-hydrogen) atoms. The van der Waals surface area contributed by atoms with E-state index in [1.165, 1.54) is 5.56 Å². The number of nitrogens with zero attached hydrogens (tertiary/aromatic N) is 1. The summed E-state index contributed by atoms with van der Waals surface area (Å²) in [5.41, 5.74) is 3.14. The predicted molar refractivity (Wildman–Crippen MR) is 108 cm³/mol. The number of hydrogen-bond donors (Lipinski definition) is 1. The molecule has 4 heteroatoms. The number of benzene rings is 2. The molecule has 0 aromatic heterocycles. The van der Waals surface area contributed by atoms with Crippen molar-refractivity contribution in [2.75, 3.05) is 25.0 Å². The molecular formula is C23H28N2O2. The number of anilines is 1. The lowest BCUT2D eigenvalue weighted by Crippen LogP contribution is -2.52. The lowest BCUT2D eigenvalue weighted by Gasteiger charge is -2.44. The second-order valence-electron chi connectivity index (χ2n) is 7.66. The summed E-state index contributed by atoms with van der Waals surface area (Å²) in [6.45, 7) is 5.30. The molecule has 2 aromatic carbocycles. The molecule has 2 aromatic rings. The first kappa shape index (κ1) is 18.1. The number of carbonyl (C=O) groups is 1. The average Bonchev–Trinajstić information content (AvgIpc) is 2.73. The highest BCUT2D eigenvalue weighted by molar-refractivity contribution is 5.81. The van der Waals surface area contributed by atoms with Crippen molar-refractivity contribution in [3.8, 4) is 0 Å². The number of nitrogens with one attached hydrogen (secondary N) is 1. The van der Waals surface area contributed by atoms with Gasteiger partial charge in [0.05, 0.1) is 0 Å². The average molecular weight is 364 g/mol. The van der Waals surface area contributed by atoms with E-state index in [9.17, 15) is 4.79 Å². The minimum Gasteiger partial charge on any atom is -0.459 e. The number of ether oxygens (including phenoxy) is 1. The zero-order valence-electron chi connectivity index (χ0n) is 15.9. The SMILES string of the molecule is CCc1cccc(NC(C(=O)O[C@H]2CN3CCC2CC3)c2ccccc2)c1. The molecule has 0 spiro atoms. The van der Waals surface area contributed by atoms with Crippen molar-refractivity contribution in [1.29, 1.82) is 0 Å². The largest absolute Gasteiger partial charge is 0.459 e. The smallest absolute Gasteiger partial charge is 0.333 e. The normalized spacial score (nSPS) is 25.0. The van der Waals surface area contributed by atoms with Gasteiger partial charge in [-0.3, -0.25) is 4.90 Å². The maximum absolute atomic E-state index is 13.1. The summed E-state index contributed by atoms with van der Waals surface area (Å²) in [5.74, 6) is 0.334. The Kier molecular flexibility index (Phi) is 5.44. The molecule has 0 amide bonds. The first-order chi connectivity index (χ1) is 13.2. The second kappa shape index (κ2) is 8.13. The molecule has 2 bridgehead atoms. The zero-order valence-corrected chi connectivity index (χ0v) is 15.9. The molecule has 0 saturated carbocycles. The molecule has 0 aliphatic carbocycles. The third kappa shape index (κ3) is 4.16. The fraction of sp³-hybridized carbons (Fsp3) is 0.435. The number of carbonyl (C=O) groups excluding carboxylic acids is 1. The highest BCUT2D eigenvalue weighted by atomic mass is 16.5. The third-order valence-electron chi connectivity index (χ3n) is 5.88. The van der Waals surface area contributed by atoms with E-state index in [0.29, 0.717) is 5.92 Å². The van der Waals surface area contributed by atoms with Gasteiger partial charge in [0.2, 0.25) is 0 Å². The van der Waals surface area contributed by atoms with Gasteiger partial charge in [-0.2, -0.15) is 0 Å². The van der Waals surface area contributed by atoms with Crippen LogP contribution < -0.4 is 5.32 Å². The quantitative estimate of drug-likeness (QED) is 0.786. The van der Waals surface area contributed by atoms with Gasteiger partial charge in [0.1, 0.15) is 6.10 Å². The van der Waals surface area contributed by atoms with Crippen LogP contribution in [-0.4, -0.2) is 36.6 Å². The molecule has 1 unspecified atom stereocenters. The van der Waals surface area contributed by atoms with Gasteiger partial charge >= 0.3 is 5.97 Å². The van der Waals surface area contributed by atoms with Gasteiger partial charge in [-0.1, -0.05) is 49.4 Å². The Morgan fingerprint density at radius 3 is 2.59 bits per heavy atom. The van der Waals surface area contributed by atoms with Crippen LogP contribution in [0.3, 0.4) is 0 Å². The Bertz CT molecular complexity index is 769. The van der Waals surface area contributed by atoms with E-state index >= 15 is 0 Å². The molecule has 4 nitrogen and oxygen atoms in total. The van der Waals surface area contributed by atoms with Crippen molar-refractivity contribution in [3.05, 3.63) is 65.7 Å². The van der Waals surface area contributed by atoms with Crippen LogP contribution in [0.4, 0.5) is 5.69 Å². The van der Waals surface area contributed by atoms with E-state index in [1.807, 2.05) is 42.5 Å². The summed E-state index contributed by atoms with van der Waals surface area (Å²) in [7, 11) is 0. The summed E-state index contributed by atoms with van der Waals surface area (Å²) < 4.78 is 6.03. The van der Waals surface area contributed by atoms with Crippen molar-refractivity contribution in [3.63, 3.8) is 0 Å². The first-order valence-electron chi connectivity index (χ1n) is 10.1. The van der Waals surface area contributed by atoms with Gasteiger partial charge in [-0.25, -0.2) is 4.79 Å².